The van der Waals surface area contributed by atoms with Crippen LogP contribution in [0.5, 0.6) is 0 Å². The molecule has 0 saturated heterocycles. The van der Waals surface area contributed by atoms with Crippen molar-refractivity contribution in [3.05, 3.63) is 215 Å². The van der Waals surface area contributed by atoms with Crippen molar-refractivity contribution in [2.45, 2.75) is 37.0 Å². The lowest BCUT2D eigenvalue weighted by Gasteiger charge is -2.34. The largest absolute Gasteiger partial charge is 0.135 e. The summed E-state index contributed by atoms with van der Waals surface area (Å²) in [4.78, 5) is 0. The third-order valence-corrected chi connectivity index (χ3v) is 14.3. The summed E-state index contributed by atoms with van der Waals surface area (Å²) in [7, 11) is 0. The second-order valence-electron chi connectivity index (χ2n) is 15.7. The van der Waals surface area contributed by atoms with Crippen molar-refractivity contribution in [1.82, 2.24) is 0 Å². The fourth-order valence-corrected chi connectivity index (χ4v) is 11.9. The summed E-state index contributed by atoms with van der Waals surface area (Å²) in [5, 5.41) is 2.68. The van der Waals surface area contributed by atoms with Crippen molar-refractivity contribution in [2.24, 2.45) is 0 Å². The van der Waals surface area contributed by atoms with Crippen LogP contribution < -0.4 is 0 Å². The summed E-state index contributed by atoms with van der Waals surface area (Å²) in [6.07, 6.45) is 2.25. The van der Waals surface area contributed by atoms with Gasteiger partial charge in [0.1, 0.15) is 0 Å². The fourth-order valence-electron chi connectivity index (χ4n) is 10.6. The molecule has 0 N–H and O–H groups in total. The number of rotatable bonds is 5. The first-order chi connectivity index (χ1) is 27.2. The molecule has 3 aliphatic carbocycles. The summed E-state index contributed by atoms with van der Waals surface area (Å²) in [5.74, 6) is 1.27. The van der Waals surface area contributed by atoms with Gasteiger partial charge >= 0.3 is 0 Å². The smallest absolute Gasteiger partial charge is 0.0713 e. The van der Waals surface area contributed by atoms with E-state index in [1.165, 1.54) is 104 Å². The highest BCUT2D eigenvalue weighted by atomic mass is 32.1. The number of aryl methyl sites for hydroxylation is 1. The van der Waals surface area contributed by atoms with Gasteiger partial charge in [0.25, 0.3) is 0 Å². The van der Waals surface area contributed by atoms with Gasteiger partial charge in [-0.05, 0) is 114 Å². The lowest BCUT2D eigenvalue weighted by atomic mass is 9.67. The molecule has 9 aromatic rings. The molecular weight excluding hydrogens is 681 g/mol. The normalized spacial score (nSPS) is 18.7. The predicted molar refractivity (Wildman–Crippen MR) is 232 cm³/mol. The van der Waals surface area contributed by atoms with E-state index in [0.717, 1.165) is 6.42 Å². The molecule has 8 aromatic carbocycles. The average molecular weight is 719 g/mol. The third-order valence-electron chi connectivity index (χ3n) is 13.1. The first-order valence-corrected chi connectivity index (χ1v) is 20.6. The Bertz CT molecular complexity index is 3000. The lowest BCUT2D eigenvalue weighted by Crippen LogP contribution is -2.28. The molecule has 0 radical (unpaired) electrons. The summed E-state index contributed by atoms with van der Waals surface area (Å²) < 4.78 is 2.70. The van der Waals surface area contributed by atoms with Crippen LogP contribution in [0.15, 0.2) is 176 Å². The molecule has 55 heavy (non-hydrogen) atoms. The third kappa shape index (κ3) is 4.33. The van der Waals surface area contributed by atoms with Gasteiger partial charge in [-0.2, -0.15) is 0 Å². The van der Waals surface area contributed by atoms with Gasteiger partial charge in [-0.25, -0.2) is 0 Å². The molecule has 260 valence electrons. The number of hydrogen-bond acceptors (Lipinski definition) is 1. The van der Waals surface area contributed by atoms with Crippen molar-refractivity contribution in [3.63, 3.8) is 0 Å². The summed E-state index contributed by atoms with van der Waals surface area (Å²) in [5.41, 5.74) is 20.3. The zero-order valence-corrected chi connectivity index (χ0v) is 31.5. The van der Waals surface area contributed by atoms with Crippen LogP contribution in [0.1, 0.15) is 64.1 Å². The fraction of sp³-hybridized carbons (Fsp3) is 0.111. The molecule has 1 heteroatoms. The molecule has 1 aromatic heterocycles. The minimum Gasteiger partial charge on any atom is -0.135 e. The van der Waals surface area contributed by atoms with Gasteiger partial charge in [-0.1, -0.05) is 177 Å². The Morgan fingerprint density at radius 3 is 1.91 bits per heavy atom. The van der Waals surface area contributed by atoms with Crippen LogP contribution >= 0.6 is 11.3 Å². The summed E-state index contributed by atoms with van der Waals surface area (Å²) in [6.45, 7) is 2.29. The Hall–Kier alpha value is -6.02. The van der Waals surface area contributed by atoms with Crippen LogP contribution in [-0.4, -0.2) is 0 Å². The highest BCUT2D eigenvalue weighted by molar-refractivity contribution is 7.26. The Morgan fingerprint density at radius 1 is 0.491 bits per heavy atom. The molecule has 0 aliphatic heterocycles. The minimum atomic E-state index is -0.450. The van der Waals surface area contributed by atoms with E-state index in [-0.39, 0.29) is 0 Å². The number of hydrogen-bond donors (Lipinski definition) is 0. The molecular formula is C54H38S. The van der Waals surface area contributed by atoms with E-state index in [1.807, 2.05) is 11.3 Å². The maximum Gasteiger partial charge on any atom is 0.0713 e. The molecule has 1 fully saturated rings. The molecule has 1 heterocycles. The molecule has 0 nitrogen and oxygen atoms in total. The highest BCUT2D eigenvalue weighted by Crippen LogP contribution is 2.64. The topological polar surface area (TPSA) is 0 Å². The number of thiophene rings is 1. The van der Waals surface area contributed by atoms with Gasteiger partial charge < -0.3 is 0 Å². The second kappa shape index (κ2) is 11.7. The van der Waals surface area contributed by atoms with Crippen molar-refractivity contribution in [2.75, 3.05) is 0 Å². The zero-order valence-electron chi connectivity index (χ0n) is 30.7. The molecule has 0 spiro atoms. The number of benzene rings is 8. The maximum absolute atomic E-state index is 2.44. The Labute approximate surface area is 326 Å². The zero-order chi connectivity index (χ0) is 36.3. The van der Waals surface area contributed by atoms with Gasteiger partial charge in [0.15, 0.2) is 0 Å². The van der Waals surface area contributed by atoms with Crippen LogP contribution in [0.25, 0.3) is 64.7 Å². The van der Waals surface area contributed by atoms with E-state index < -0.39 is 5.41 Å². The van der Waals surface area contributed by atoms with E-state index in [2.05, 4.69) is 183 Å². The molecule has 12 rings (SSSR count). The van der Waals surface area contributed by atoms with E-state index in [9.17, 15) is 0 Å². The van der Waals surface area contributed by atoms with Crippen LogP contribution in [-0.2, 0) is 11.8 Å². The standard InChI is InChI=1S/C54H38S/c1-2-33-12-9-22-49-51(33)45-16-5-7-21-48(45)54(49,37-30-26-35(27-31-37)39-18-11-20-44-42-15-6-8-23-50(42)55-53(39)44)36-28-24-34(25-29-36)38-17-10-19-43-40-13-3-4-14-41(40)46-32-47(46)52(38)43/h3-31,46-47H,2,32H2,1H3. The second-order valence-corrected chi connectivity index (χ2v) is 16.8. The Kier molecular flexibility index (Phi) is 6.69. The first kappa shape index (κ1) is 31.3. The van der Waals surface area contributed by atoms with Crippen LogP contribution in [0.4, 0.5) is 0 Å². The van der Waals surface area contributed by atoms with Gasteiger partial charge in [0, 0.05) is 20.2 Å². The molecule has 3 atom stereocenters. The summed E-state index contributed by atoms with van der Waals surface area (Å²) >= 11 is 1.90. The van der Waals surface area contributed by atoms with Crippen LogP contribution in [0.3, 0.4) is 0 Å². The van der Waals surface area contributed by atoms with Crippen molar-refractivity contribution in [1.29, 1.82) is 0 Å². The van der Waals surface area contributed by atoms with Crippen LogP contribution in [0.2, 0.25) is 0 Å². The Balaban J connectivity index is 1.04. The predicted octanol–water partition coefficient (Wildman–Crippen LogP) is 14.6. The van der Waals surface area contributed by atoms with Gasteiger partial charge in [-0.15, -0.1) is 11.3 Å². The minimum absolute atomic E-state index is 0.450. The molecule has 0 amide bonds. The van der Waals surface area contributed by atoms with Crippen LogP contribution in [0, 0.1) is 0 Å². The van der Waals surface area contributed by atoms with Gasteiger partial charge in [0.2, 0.25) is 0 Å². The molecule has 3 aliphatic rings. The van der Waals surface area contributed by atoms with Crippen molar-refractivity contribution < 1.29 is 0 Å². The number of fused-ring (bicyclic) bond motifs is 12. The van der Waals surface area contributed by atoms with Crippen molar-refractivity contribution >= 4 is 31.5 Å². The Morgan fingerprint density at radius 2 is 1.09 bits per heavy atom. The summed E-state index contributed by atoms with van der Waals surface area (Å²) in [6, 6.07) is 67.1. The monoisotopic (exact) mass is 718 g/mol. The van der Waals surface area contributed by atoms with Gasteiger partial charge in [-0.3, -0.25) is 0 Å². The highest BCUT2D eigenvalue weighted by Gasteiger charge is 2.48. The van der Waals surface area contributed by atoms with Crippen molar-refractivity contribution in [3.8, 4) is 44.5 Å². The van der Waals surface area contributed by atoms with E-state index in [0.29, 0.717) is 11.8 Å². The van der Waals surface area contributed by atoms with Gasteiger partial charge in [0.05, 0.1) is 5.41 Å². The maximum atomic E-state index is 2.44. The van der Waals surface area contributed by atoms with E-state index in [1.54, 1.807) is 5.56 Å². The van der Waals surface area contributed by atoms with E-state index >= 15 is 0 Å². The quantitative estimate of drug-likeness (QED) is 0.166. The van der Waals surface area contributed by atoms with E-state index in [4.69, 9.17) is 0 Å². The molecule has 3 unspecified atom stereocenters. The lowest BCUT2D eigenvalue weighted by molar-refractivity contribution is 0.768. The molecule has 1 saturated carbocycles. The SMILES string of the molecule is CCc1cccc2c1-c1ccccc1C2(c1ccc(-c2cccc3c2C2CC2c2ccccc2-3)cc1)c1ccc(-c2cccc3c2sc2ccccc23)cc1. The average Bonchev–Trinajstić information content (AvgIpc) is 3.89. The molecule has 0 bridgehead atoms. The first-order valence-electron chi connectivity index (χ1n) is 19.8.